The average Bonchev–Trinajstić information content (AvgIpc) is 2.41. The van der Waals surface area contributed by atoms with Crippen molar-refractivity contribution >= 4 is 33.5 Å². The Morgan fingerprint density at radius 1 is 1.16 bits per heavy atom. The van der Waals surface area contributed by atoms with Gasteiger partial charge >= 0.3 is 0 Å². The monoisotopic (exact) mass is 338 g/mol. The number of ketones is 1. The molecule has 98 valence electrons. The lowest BCUT2D eigenvalue weighted by Crippen LogP contribution is -2.06. The van der Waals surface area contributed by atoms with E-state index in [2.05, 4.69) is 15.9 Å². The van der Waals surface area contributed by atoms with Gasteiger partial charge in [-0.25, -0.2) is 4.39 Å². The van der Waals surface area contributed by atoms with E-state index in [4.69, 9.17) is 0 Å². The molecule has 0 radical (unpaired) electrons. The third kappa shape index (κ3) is 4.48. The number of Topliss-reactive ketones (excluding diaryl/α,β-unsaturated/α-hetero) is 1. The average molecular weight is 339 g/mol. The predicted octanol–water partition coefficient (Wildman–Crippen LogP) is 4.49. The number of halogens is 2. The molecule has 0 heterocycles. The summed E-state index contributed by atoms with van der Waals surface area (Å²) in [6.07, 6.45) is 0.320. The van der Waals surface area contributed by atoms with Crippen LogP contribution in [0.1, 0.15) is 5.56 Å². The van der Waals surface area contributed by atoms with Crippen LogP contribution in [0.15, 0.2) is 57.9 Å². The maximum Gasteiger partial charge on any atom is 0.147 e. The second-order valence-corrected chi connectivity index (χ2v) is 5.96. The van der Waals surface area contributed by atoms with Crippen LogP contribution in [0.2, 0.25) is 0 Å². The molecular weight excluding hydrogens is 327 g/mol. The lowest BCUT2D eigenvalue weighted by atomic mass is 10.1. The first-order valence-corrected chi connectivity index (χ1v) is 7.56. The maximum atomic E-state index is 12.9. The molecule has 0 aliphatic heterocycles. The molecule has 0 atom stereocenters. The van der Waals surface area contributed by atoms with Crippen LogP contribution in [0, 0.1) is 5.82 Å². The van der Waals surface area contributed by atoms with E-state index < -0.39 is 0 Å². The predicted molar refractivity (Wildman–Crippen MR) is 80.0 cm³/mol. The molecule has 0 N–H and O–H groups in total. The zero-order valence-electron chi connectivity index (χ0n) is 10.1. The van der Waals surface area contributed by atoms with Crippen LogP contribution in [0.5, 0.6) is 0 Å². The topological polar surface area (TPSA) is 17.1 Å². The van der Waals surface area contributed by atoms with Crippen LogP contribution in [-0.2, 0) is 11.2 Å². The Bertz CT molecular complexity index is 572. The van der Waals surface area contributed by atoms with Gasteiger partial charge in [0.25, 0.3) is 0 Å². The minimum Gasteiger partial charge on any atom is -0.298 e. The summed E-state index contributed by atoms with van der Waals surface area (Å²) in [5.41, 5.74) is 0.820. The molecule has 0 unspecified atom stereocenters. The molecular formula is C15H12BrFOS. The van der Waals surface area contributed by atoms with Gasteiger partial charge in [0.15, 0.2) is 0 Å². The lowest BCUT2D eigenvalue weighted by molar-refractivity contribution is -0.116. The first-order valence-electron chi connectivity index (χ1n) is 5.78. The van der Waals surface area contributed by atoms with E-state index >= 15 is 0 Å². The van der Waals surface area contributed by atoms with Crippen molar-refractivity contribution < 1.29 is 9.18 Å². The number of carbonyl (C=O) groups excluding carboxylic acids is 1. The number of carbonyl (C=O) groups is 1. The number of rotatable bonds is 5. The molecule has 2 aromatic rings. The van der Waals surface area contributed by atoms with E-state index in [0.717, 1.165) is 10.5 Å². The Morgan fingerprint density at radius 3 is 2.58 bits per heavy atom. The molecule has 0 saturated heterocycles. The van der Waals surface area contributed by atoms with Gasteiger partial charge in [-0.05, 0) is 29.8 Å². The number of thioether (sulfide) groups is 1. The van der Waals surface area contributed by atoms with Crippen LogP contribution in [0.25, 0.3) is 0 Å². The minimum atomic E-state index is -0.304. The summed E-state index contributed by atoms with van der Waals surface area (Å²) in [5.74, 6) is 0.247. The van der Waals surface area contributed by atoms with Gasteiger partial charge in [0.05, 0.1) is 5.75 Å². The fourth-order valence-electron chi connectivity index (χ4n) is 1.61. The molecule has 0 spiro atoms. The highest BCUT2D eigenvalue weighted by Crippen LogP contribution is 2.21. The van der Waals surface area contributed by atoms with Crippen LogP contribution < -0.4 is 0 Å². The fourth-order valence-corrected chi connectivity index (χ4v) is 2.88. The quantitative estimate of drug-likeness (QED) is 0.747. The van der Waals surface area contributed by atoms with Crippen molar-refractivity contribution in [2.24, 2.45) is 0 Å². The third-order valence-electron chi connectivity index (χ3n) is 2.55. The molecule has 0 aromatic heterocycles. The van der Waals surface area contributed by atoms with E-state index in [1.165, 1.54) is 23.9 Å². The largest absolute Gasteiger partial charge is 0.298 e. The summed E-state index contributed by atoms with van der Waals surface area (Å²) in [5, 5.41) is 0. The summed E-state index contributed by atoms with van der Waals surface area (Å²) >= 11 is 4.79. The molecule has 0 amide bonds. The smallest absolute Gasteiger partial charge is 0.147 e. The fraction of sp³-hybridized carbons (Fsp3) is 0.133. The highest BCUT2D eigenvalue weighted by atomic mass is 79.9. The Morgan fingerprint density at radius 2 is 1.89 bits per heavy atom. The van der Waals surface area contributed by atoms with Crippen molar-refractivity contribution in [3.05, 3.63) is 64.4 Å². The molecule has 4 heteroatoms. The zero-order valence-corrected chi connectivity index (χ0v) is 12.5. The van der Waals surface area contributed by atoms with Crippen molar-refractivity contribution in [2.45, 2.75) is 11.3 Å². The summed E-state index contributed by atoms with van der Waals surface area (Å²) in [7, 11) is 0. The number of benzene rings is 2. The van der Waals surface area contributed by atoms with Gasteiger partial charge in [0.2, 0.25) is 0 Å². The van der Waals surface area contributed by atoms with Gasteiger partial charge in [-0.1, -0.05) is 40.2 Å². The van der Waals surface area contributed by atoms with Crippen LogP contribution in [0.4, 0.5) is 4.39 Å². The van der Waals surface area contributed by atoms with Gasteiger partial charge in [-0.2, -0.15) is 0 Å². The first kappa shape index (κ1) is 14.3. The lowest BCUT2D eigenvalue weighted by Gasteiger charge is -2.04. The maximum absolute atomic E-state index is 12.9. The Hall–Kier alpha value is -1.13. The second-order valence-electron chi connectivity index (χ2n) is 4.05. The molecule has 0 aliphatic rings. The molecule has 0 saturated carbocycles. The zero-order chi connectivity index (χ0) is 13.7. The Kier molecular flexibility index (Phi) is 5.16. The number of hydrogen-bond donors (Lipinski definition) is 0. The highest BCUT2D eigenvalue weighted by molar-refractivity contribution is 9.10. The van der Waals surface area contributed by atoms with Crippen LogP contribution in [-0.4, -0.2) is 11.5 Å². The van der Waals surface area contributed by atoms with E-state index in [-0.39, 0.29) is 11.6 Å². The number of hydrogen-bond acceptors (Lipinski definition) is 2. The van der Waals surface area contributed by atoms with Crippen molar-refractivity contribution in [1.29, 1.82) is 0 Å². The Balaban J connectivity index is 1.91. The summed E-state index contributed by atoms with van der Waals surface area (Å²) in [4.78, 5) is 13.0. The summed E-state index contributed by atoms with van der Waals surface area (Å²) in [6, 6.07) is 14.2. The SMILES string of the molecule is O=C(CSc1ccccc1)Cc1ccc(F)cc1Br. The van der Waals surface area contributed by atoms with Crippen LogP contribution in [0.3, 0.4) is 0 Å². The van der Waals surface area contributed by atoms with Gasteiger partial charge in [0, 0.05) is 15.8 Å². The first-order chi connectivity index (χ1) is 9.15. The van der Waals surface area contributed by atoms with E-state index in [9.17, 15) is 9.18 Å². The van der Waals surface area contributed by atoms with Crippen molar-refractivity contribution in [1.82, 2.24) is 0 Å². The molecule has 0 fully saturated rings. The molecule has 0 aliphatic carbocycles. The van der Waals surface area contributed by atoms with Crippen molar-refractivity contribution in [3.8, 4) is 0 Å². The van der Waals surface area contributed by atoms with Gasteiger partial charge in [0.1, 0.15) is 11.6 Å². The van der Waals surface area contributed by atoms with Gasteiger partial charge < -0.3 is 0 Å². The summed E-state index contributed by atoms with van der Waals surface area (Å²) < 4.78 is 13.6. The van der Waals surface area contributed by atoms with E-state index in [1.807, 2.05) is 30.3 Å². The molecule has 1 nitrogen and oxygen atoms in total. The van der Waals surface area contributed by atoms with Crippen molar-refractivity contribution in [3.63, 3.8) is 0 Å². The van der Waals surface area contributed by atoms with Crippen LogP contribution >= 0.6 is 27.7 Å². The van der Waals surface area contributed by atoms with E-state index in [0.29, 0.717) is 16.6 Å². The molecule has 19 heavy (non-hydrogen) atoms. The Labute approximate surface area is 124 Å². The van der Waals surface area contributed by atoms with Gasteiger partial charge in [-0.3, -0.25) is 4.79 Å². The highest BCUT2D eigenvalue weighted by Gasteiger charge is 2.08. The standard InChI is InChI=1S/C15H12BrFOS/c16-15-9-12(17)7-6-11(15)8-13(18)10-19-14-4-2-1-3-5-14/h1-7,9H,8,10H2. The molecule has 2 aromatic carbocycles. The molecule has 0 bridgehead atoms. The third-order valence-corrected chi connectivity index (χ3v) is 4.36. The minimum absolute atomic E-state index is 0.126. The van der Waals surface area contributed by atoms with Gasteiger partial charge in [-0.15, -0.1) is 11.8 Å². The second kappa shape index (κ2) is 6.87. The summed E-state index contributed by atoms with van der Waals surface area (Å²) in [6.45, 7) is 0. The van der Waals surface area contributed by atoms with Crippen molar-refractivity contribution in [2.75, 3.05) is 5.75 Å². The normalized spacial score (nSPS) is 10.4. The molecule has 2 rings (SSSR count). The van der Waals surface area contributed by atoms with E-state index in [1.54, 1.807) is 6.07 Å².